The molecular formula is C27H30N2O5. The van der Waals surface area contributed by atoms with Gasteiger partial charge in [-0.15, -0.1) is 0 Å². The third kappa shape index (κ3) is 4.65. The molecule has 1 atom stereocenters. The number of benzene rings is 2. The Bertz CT molecular complexity index is 1060. The molecule has 3 N–H and O–H groups in total. The molecule has 2 aromatic carbocycles. The molecule has 0 aliphatic heterocycles. The highest BCUT2D eigenvalue weighted by Crippen LogP contribution is 2.44. The molecule has 2 saturated carbocycles. The van der Waals surface area contributed by atoms with Crippen LogP contribution < -0.4 is 10.6 Å². The van der Waals surface area contributed by atoms with Crippen LogP contribution in [0.3, 0.4) is 0 Å². The quantitative estimate of drug-likeness (QED) is 0.518. The Labute approximate surface area is 198 Å². The van der Waals surface area contributed by atoms with E-state index in [0.717, 1.165) is 30.4 Å². The van der Waals surface area contributed by atoms with Crippen LogP contribution >= 0.6 is 0 Å². The van der Waals surface area contributed by atoms with Gasteiger partial charge in [-0.25, -0.2) is 9.59 Å². The van der Waals surface area contributed by atoms with Gasteiger partial charge in [0.1, 0.15) is 12.6 Å². The number of amides is 2. The Morgan fingerprint density at radius 1 is 1.00 bits per heavy atom. The SMILES string of the molecule is O=C(CC1(NC(=O)OCC2c3ccccc3-c3ccccc32)CCC1)N[C@@H](CC1CC1)C(=O)O. The number of aliphatic carboxylic acids is 1. The lowest BCUT2D eigenvalue weighted by Crippen LogP contribution is -2.57. The number of nitrogens with one attached hydrogen (secondary N) is 2. The molecule has 2 amide bonds. The molecule has 0 bridgehead atoms. The molecule has 0 unspecified atom stereocenters. The molecule has 3 aliphatic rings. The van der Waals surface area contributed by atoms with E-state index in [0.29, 0.717) is 25.2 Å². The lowest BCUT2D eigenvalue weighted by atomic mass is 9.74. The van der Waals surface area contributed by atoms with E-state index in [2.05, 4.69) is 34.9 Å². The molecular weight excluding hydrogens is 432 g/mol. The topological polar surface area (TPSA) is 105 Å². The monoisotopic (exact) mass is 462 g/mol. The Kier molecular flexibility index (Phi) is 6.02. The van der Waals surface area contributed by atoms with Gasteiger partial charge in [0.2, 0.25) is 5.91 Å². The summed E-state index contributed by atoms with van der Waals surface area (Å²) in [6, 6.07) is 15.5. The van der Waals surface area contributed by atoms with Gasteiger partial charge in [-0.1, -0.05) is 61.4 Å². The van der Waals surface area contributed by atoms with Crippen LogP contribution in [0.4, 0.5) is 4.79 Å². The smallest absolute Gasteiger partial charge is 0.407 e. The van der Waals surface area contributed by atoms with Crippen molar-refractivity contribution < 1.29 is 24.2 Å². The van der Waals surface area contributed by atoms with Gasteiger partial charge in [-0.05, 0) is 53.9 Å². The van der Waals surface area contributed by atoms with E-state index in [1.54, 1.807) is 0 Å². The van der Waals surface area contributed by atoms with Crippen LogP contribution in [-0.2, 0) is 14.3 Å². The molecule has 3 aliphatic carbocycles. The molecule has 0 heterocycles. The van der Waals surface area contributed by atoms with E-state index < -0.39 is 23.6 Å². The first kappa shape index (κ1) is 22.4. The number of carboxylic acids is 1. The zero-order chi connectivity index (χ0) is 23.7. The van der Waals surface area contributed by atoms with Gasteiger partial charge >= 0.3 is 12.1 Å². The lowest BCUT2D eigenvalue weighted by molar-refractivity contribution is -0.142. The number of carboxylic acid groups (broad SMARTS) is 1. The van der Waals surface area contributed by atoms with Crippen molar-refractivity contribution in [2.24, 2.45) is 5.92 Å². The number of alkyl carbamates (subject to hydrolysis) is 1. The lowest BCUT2D eigenvalue weighted by Gasteiger charge is -2.41. The van der Waals surface area contributed by atoms with E-state index in [1.165, 1.54) is 11.1 Å². The molecule has 178 valence electrons. The van der Waals surface area contributed by atoms with E-state index in [4.69, 9.17) is 4.74 Å². The van der Waals surface area contributed by atoms with Gasteiger partial charge < -0.3 is 20.5 Å². The summed E-state index contributed by atoms with van der Waals surface area (Å²) in [6.45, 7) is 0.213. The fourth-order valence-electron chi connectivity index (χ4n) is 5.26. The fraction of sp³-hybridized carbons (Fsp3) is 0.444. The van der Waals surface area contributed by atoms with Crippen LogP contribution in [0, 0.1) is 5.92 Å². The number of carbonyl (C=O) groups is 3. The van der Waals surface area contributed by atoms with E-state index in [-0.39, 0.29) is 24.9 Å². The Hall–Kier alpha value is -3.35. The summed E-state index contributed by atoms with van der Waals surface area (Å²) in [6.07, 6.45) is 4.28. The number of fused-ring (bicyclic) bond motifs is 3. The van der Waals surface area contributed by atoms with Gasteiger partial charge in [0.25, 0.3) is 0 Å². The molecule has 0 radical (unpaired) electrons. The minimum Gasteiger partial charge on any atom is -0.480 e. The van der Waals surface area contributed by atoms with Gasteiger partial charge in [-0.2, -0.15) is 0 Å². The summed E-state index contributed by atoms with van der Waals surface area (Å²) in [4.78, 5) is 36.9. The van der Waals surface area contributed by atoms with Gasteiger partial charge in [0.15, 0.2) is 0 Å². The van der Waals surface area contributed by atoms with E-state index in [1.807, 2.05) is 24.3 Å². The standard InChI is InChI=1S/C27H30N2O5/c30-24(28-23(25(31)32)14-17-10-11-17)15-27(12-5-13-27)29-26(33)34-16-22-20-8-3-1-6-18(20)19-7-2-4-9-21(19)22/h1-4,6-9,17,22-23H,5,10-16H2,(H,28,30)(H,29,33)(H,31,32)/t23-/m0/s1. The normalized spacial score (nSPS) is 18.7. The Morgan fingerprint density at radius 2 is 1.62 bits per heavy atom. The average Bonchev–Trinajstić information content (AvgIpc) is 3.56. The van der Waals surface area contributed by atoms with Crippen molar-refractivity contribution in [3.8, 4) is 11.1 Å². The minimum atomic E-state index is -1.01. The van der Waals surface area contributed by atoms with E-state index in [9.17, 15) is 19.5 Å². The molecule has 2 aromatic rings. The maximum atomic E-state index is 12.7. The van der Waals surface area contributed by atoms with Crippen LogP contribution in [0.2, 0.25) is 0 Å². The second-order valence-electron chi connectivity index (χ2n) is 9.90. The number of ether oxygens (including phenoxy) is 1. The van der Waals surface area contributed by atoms with Gasteiger partial charge in [0.05, 0.1) is 5.54 Å². The minimum absolute atomic E-state index is 0.0301. The zero-order valence-electron chi connectivity index (χ0n) is 19.1. The van der Waals surface area contributed by atoms with Crippen LogP contribution in [0.1, 0.15) is 62.0 Å². The molecule has 34 heavy (non-hydrogen) atoms. The van der Waals surface area contributed by atoms with Crippen molar-refractivity contribution in [3.05, 3.63) is 59.7 Å². The Balaban J connectivity index is 1.18. The van der Waals surface area contributed by atoms with Crippen molar-refractivity contribution in [2.75, 3.05) is 6.61 Å². The predicted molar refractivity (Wildman–Crippen MR) is 126 cm³/mol. The van der Waals surface area contributed by atoms with E-state index >= 15 is 0 Å². The van der Waals surface area contributed by atoms with Crippen molar-refractivity contribution in [2.45, 2.75) is 62.4 Å². The van der Waals surface area contributed by atoms with Crippen LogP contribution in [0.5, 0.6) is 0 Å². The summed E-state index contributed by atoms with van der Waals surface area (Å²) in [5, 5.41) is 15.0. The van der Waals surface area contributed by atoms with Gasteiger partial charge in [0, 0.05) is 12.3 Å². The third-order valence-electron chi connectivity index (χ3n) is 7.42. The molecule has 0 spiro atoms. The van der Waals surface area contributed by atoms with Crippen molar-refractivity contribution in [1.82, 2.24) is 10.6 Å². The maximum Gasteiger partial charge on any atom is 0.407 e. The van der Waals surface area contributed by atoms with Crippen molar-refractivity contribution in [3.63, 3.8) is 0 Å². The predicted octanol–water partition coefficient (Wildman–Crippen LogP) is 4.21. The second kappa shape index (κ2) is 9.12. The van der Waals surface area contributed by atoms with Crippen LogP contribution in [0.25, 0.3) is 11.1 Å². The highest BCUT2D eigenvalue weighted by molar-refractivity contribution is 5.85. The third-order valence-corrected chi connectivity index (χ3v) is 7.42. The van der Waals surface area contributed by atoms with Gasteiger partial charge in [-0.3, -0.25) is 4.79 Å². The highest BCUT2D eigenvalue weighted by Gasteiger charge is 2.42. The first-order chi connectivity index (χ1) is 16.4. The first-order valence-electron chi connectivity index (χ1n) is 12.1. The van der Waals surface area contributed by atoms with Crippen LogP contribution in [-0.4, -0.2) is 41.3 Å². The maximum absolute atomic E-state index is 12.7. The fourth-order valence-corrected chi connectivity index (χ4v) is 5.26. The summed E-state index contributed by atoms with van der Waals surface area (Å²) in [5.41, 5.74) is 3.95. The summed E-state index contributed by atoms with van der Waals surface area (Å²) < 4.78 is 5.66. The molecule has 2 fully saturated rings. The van der Waals surface area contributed by atoms with Crippen LogP contribution in [0.15, 0.2) is 48.5 Å². The largest absolute Gasteiger partial charge is 0.480 e. The summed E-state index contributed by atoms with van der Waals surface area (Å²) in [5.74, 6) is -0.991. The van der Waals surface area contributed by atoms with Crippen molar-refractivity contribution >= 4 is 18.0 Å². The summed E-state index contributed by atoms with van der Waals surface area (Å²) in [7, 11) is 0. The summed E-state index contributed by atoms with van der Waals surface area (Å²) >= 11 is 0. The van der Waals surface area contributed by atoms with Crippen molar-refractivity contribution in [1.29, 1.82) is 0 Å². The molecule has 0 aromatic heterocycles. The Morgan fingerprint density at radius 3 is 2.15 bits per heavy atom. The molecule has 7 nitrogen and oxygen atoms in total. The molecule has 0 saturated heterocycles. The highest BCUT2D eigenvalue weighted by atomic mass is 16.5. The zero-order valence-corrected chi connectivity index (χ0v) is 19.1. The number of carbonyl (C=O) groups excluding carboxylic acids is 2. The number of rotatable bonds is 9. The molecule has 5 rings (SSSR count). The average molecular weight is 463 g/mol. The second-order valence-corrected chi connectivity index (χ2v) is 9.90. The number of hydrogen-bond acceptors (Lipinski definition) is 4. The molecule has 7 heteroatoms. The first-order valence-corrected chi connectivity index (χ1v) is 12.1. The number of hydrogen-bond donors (Lipinski definition) is 3.